The highest BCUT2D eigenvalue weighted by atomic mass is 16.7. The summed E-state index contributed by atoms with van der Waals surface area (Å²) < 4.78 is 29.8. The number of aromatic nitrogens is 2. The number of esters is 4. The number of carbonyl (C=O) groups is 4. The van der Waals surface area contributed by atoms with Crippen LogP contribution in [-0.4, -0.2) is 65.2 Å². The summed E-state index contributed by atoms with van der Waals surface area (Å²) in [5, 5.41) is 4.27. The monoisotopic (exact) mass is 584 g/mol. The molecular weight excluding hydrogens is 556 g/mol. The van der Waals surface area contributed by atoms with Gasteiger partial charge in [-0.2, -0.15) is 5.10 Å². The summed E-state index contributed by atoms with van der Waals surface area (Å²) in [6, 6.07) is 26.3. The Morgan fingerprint density at radius 2 is 1.19 bits per heavy atom. The highest BCUT2D eigenvalue weighted by Crippen LogP contribution is 2.35. The van der Waals surface area contributed by atoms with Crippen LogP contribution in [0, 0.1) is 0 Å². The summed E-state index contributed by atoms with van der Waals surface area (Å²) in [7, 11) is 0. The largest absolute Gasteiger partial charge is 0.461 e. The van der Waals surface area contributed by atoms with Crippen LogP contribution in [0.1, 0.15) is 54.7 Å². The molecule has 2 heterocycles. The Labute approximate surface area is 246 Å². The first kappa shape index (κ1) is 29.2. The highest BCUT2D eigenvalue weighted by Gasteiger charge is 2.51. The average molecular weight is 585 g/mol. The quantitative estimate of drug-likeness (QED) is 0.197. The van der Waals surface area contributed by atoms with Crippen molar-refractivity contribution in [1.82, 2.24) is 9.78 Å². The van der Waals surface area contributed by atoms with Gasteiger partial charge in [-0.25, -0.2) is 23.9 Å². The van der Waals surface area contributed by atoms with Crippen molar-refractivity contribution in [3.05, 3.63) is 126 Å². The Kier molecular flexibility index (Phi) is 9.23. The van der Waals surface area contributed by atoms with Crippen molar-refractivity contribution in [2.24, 2.45) is 0 Å². The molecule has 0 spiro atoms. The average Bonchev–Trinajstić information content (AvgIpc) is 3.66. The first-order valence-electron chi connectivity index (χ1n) is 13.6. The molecule has 11 nitrogen and oxygen atoms in total. The zero-order valence-electron chi connectivity index (χ0n) is 23.1. The maximum atomic E-state index is 13.2. The molecule has 0 aliphatic carbocycles. The molecule has 0 N–H and O–H groups in total. The van der Waals surface area contributed by atoms with Crippen LogP contribution >= 0.6 is 0 Å². The molecule has 1 saturated heterocycles. The van der Waals surface area contributed by atoms with Crippen LogP contribution in [0.5, 0.6) is 0 Å². The third kappa shape index (κ3) is 6.96. The lowest BCUT2D eigenvalue weighted by Crippen LogP contribution is -2.41. The maximum Gasteiger partial charge on any atom is 0.358 e. The van der Waals surface area contributed by atoms with E-state index >= 15 is 0 Å². The normalized spacial score (nSPS) is 19.3. The van der Waals surface area contributed by atoms with Crippen LogP contribution < -0.4 is 0 Å². The van der Waals surface area contributed by atoms with E-state index in [0.29, 0.717) is 5.56 Å². The van der Waals surface area contributed by atoms with Gasteiger partial charge in [0.2, 0.25) is 0 Å². The zero-order valence-corrected chi connectivity index (χ0v) is 23.1. The van der Waals surface area contributed by atoms with E-state index in [1.165, 1.54) is 16.9 Å². The van der Waals surface area contributed by atoms with Gasteiger partial charge in [-0.15, -0.1) is 0 Å². The Hall–Kier alpha value is -5.29. The number of rotatable bonds is 10. The number of hydrogen-bond donors (Lipinski definition) is 0. The second-order valence-corrected chi connectivity index (χ2v) is 9.40. The molecule has 5 rings (SSSR count). The molecule has 0 saturated carbocycles. The summed E-state index contributed by atoms with van der Waals surface area (Å²) in [4.78, 5) is 51.5. The van der Waals surface area contributed by atoms with E-state index in [2.05, 4.69) is 5.10 Å². The lowest BCUT2D eigenvalue weighted by atomic mass is 10.1. The van der Waals surface area contributed by atoms with E-state index in [9.17, 15) is 19.2 Å². The van der Waals surface area contributed by atoms with Crippen molar-refractivity contribution < 1.29 is 42.9 Å². The van der Waals surface area contributed by atoms with Crippen LogP contribution in [0.4, 0.5) is 0 Å². The fraction of sp³-hybridized carbons (Fsp3) is 0.219. The van der Waals surface area contributed by atoms with E-state index in [-0.39, 0.29) is 30.0 Å². The lowest BCUT2D eigenvalue weighted by Gasteiger charge is -2.24. The van der Waals surface area contributed by atoms with Gasteiger partial charge in [0.25, 0.3) is 0 Å². The molecule has 11 heteroatoms. The molecule has 0 bridgehead atoms. The molecule has 1 fully saturated rings. The summed E-state index contributed by atoms with van der Waals surface area (Å²) in [5.74, 6) is -2.69. The Morgan fingerprint density at radius 3 is 1.72 bits per heavy atom. The predicted octanol–water partition coefficient (Wildman–Crippen LogP) is 4.27. The third-order valence-corrected chi connectivity index (χ3v) is 6.53. The van der Waals surface area contributed by atoms with Crippen LogP contribution in [-0.2, 0) is 23.7 Å². The number of ether oxygens (including phenoxy) is 5. The van der Waals surface area contributed by atoms with E-state index in [0.717, 1.165) is 0 Å². The first-order valence-corrected chi connectivity index (χ1v) is 13.6. The maximum absolute atomic E-state index is 13.2. The second-order valence-electron chi connectivity index (χ2n) is 9.40. The van der Waals surface area contributed by atoms with Crippen molar-refractivity contribution in [3.63, 3.8) is 0 Å². The standard InChI is InChI=1S/C32H28N2O9/c1-2-39-32(38)24-18-19-34(33-24)28-27(43-31(37)23-16-10-5-11-17-23)26(42-30(36)22-14-8-4-9-15-22)25(41-28)20-40-29(35)21-12-6-3-7-13-21/h3-19,25-28H,2,20H2,1H3/t25-,26-,27+,28+/m1/s1. The van der Waals surface area contributed by atoms with Crippen LogP contribution in [0.3, 0.4) is 0 Å². The summed E-state index contributed by atoms with van der Waals surface area (Å²) in [6.07, 6.45) is -3.27. The molecule has 3 aromatic carbocycles. The smallest absolute Gasteiger partial charge is 0.358 e. The van der Waals surface area contributed by atoms with E-state index < -0.39 is 48.4 Å². The second kappa shape index (κ2) is 13.6. The van der Waals surface area contributed by atoms with Crippen LogP contribution in [0.15, 0.2) is 103 Å². The molecule has 4 atom stereocenters. The number of carbonyl (C=O) groups excluding carboxylic acids is 4. The van der Waals surface area contributed by atoms with Gasteiger partial charge in [-0.05, 0) is 49.4 Å². The van der Waals surface area contributed by atoms with Crippen molar-refractivity contribution in [2.75, 3.05) is 13.2 Å². The zero-order chi connectivity index (χ0) is 30.2. The van der Waals surface area contributed by atoms with Gasteiger partial charge in [-0.3, -0.25) is 0 Å². The van der Waals surface area contributed by atoms with Gasteiger partial charge in [0.15, 0.2) is 24.1 Å². The number of benzene rings is 3. The molecule has 1 aliphatic rings. The first-order chi connectivity index (χ1) is 20.9. The third-order valence-electron chi connectivity index (χ3n) is 6.53. The Bertz CT molecular complexity index is 1560. The fourth-order valence-corrected chi connectivity index (χ4v) is 4.46. The highest BCUT2D eigenvalue weighted by molar-refractivity contribution is 5.91. The molecule has 1 aliphatic heterocycles. The van der Waals surface area contributed by atoms with Gasteiger partial charge in [-0.1, -0.05) is 54.6 Å². The van der Waals surface area contributed by atoms with Crippen molar-refractivity contribution in [1.29, 1.82) is 0 Å². The number of nitrogens with zero attached hydrogens (tertiary/aromatic N) is 2. The van der Waals surface area contributed by atoms with Gasteiger partial charge >= 0.3 is 23.9 Å². The topological polar surface area (TPSA) is 132 Å². The van der Waals surface area contributed by atoms with Gasteiger partial charge in [0, 0.05) is 6.20 Å². The van der Waals surface area contributed by atoms with E-state index in [4.69, 9.17) is 23.7 Å². The van der Waals surface area contributed by atoms with Gasteiger partial charge in [0.05, 0.1) is 23.3 Å². The minimum absolute atomic E-state index is 0.00429. The molecule has 43 heavy (non-hydrogen) atoms. The molecular formula is C32H28N2O9. The summed E-state index contributed by atoms with van der Waals surface area (Å²) >= 11 is 0. The minimum Gasteiger partial charge on any atom is -0.461 e. The van der Waals surface area contributed by atoms with E-state index in [1.807, 2.05) is 0 Å². The molecule has 4 aromatic rings. The Balaban J connectivity index is 1.47. The number of hydrogen-bond acceptors (Lipinski definition) is 10. The molecule has 0 unspecified atom stereocenters. The van der Waals surface area contributed by atoms with Gasteiger partial charge < -0.3 is 23.7 Å². The SMILES string of the molecule is CCOC(=O)c1ccn([C@H]2O[C@H](COC(=O)c3ccccc3)[C@@H](OC(=O)c3ccccc3)[C@@H]2OC(=O)c2ccccc2)n1. The molecule has 0 amide bonds. The van der Waals surface area contributed by atoms with E-state index in [1.54, 1.807) is 97.9 Å². The Morgan fingerprint density at radius 1 is 0.674 bits per heavy atom. The van der Waals surface area contributed by atoms with Crippen molar-refractivity contribution in [3.8, 4) is 0 Å². The van der Waals surface area contributed by atoms with Crippen LogP contribution in [0.25, 0.3) is 0 Å². The van der Waals surface area contributed by atoms with Gasteiger partial charge in [0.1, 0.15) is 12.7 Å². The molecule has 220 valence electrons. The molecule has 1 aromatic heterocycles. The fourth-order valence-electron chi connectivity index (χ4n) is 4.46. The van der Waals surface area contributed by atoms with Crippen LogP contribution in [0.2, 0.25) is 0 Å². The minimum atomic E-state index is -1.25. The lowest BCUT2D eigenvalue weighted by molar-refractivity contribution is -0.0672. The summed E-state index contributed by atoms with van der Waals surface area (Å²) in [5.41, 5.74) is 0.812. The predicted molar refractivity (Wildman–Crippen MR) is 150 cm³/mol. The van der Waals surface area contributed by atoms with Crippen molar-refractivity contribution >= 4 is 23.9 Å². The summed E-state index contributed by atoms with van der Waals surface area (Å²) in [6.45, 7) is 1.47. The van der Waals surface area contributed by atoms with Crippen molar-refractivity contribution in [2.45, 2.75) is 31.5 Å². The molecule has 0 radical (unpaired) electrons.